The number of para-hydroxylation sites is 1. The second-order valence-electron chi connectivity index (χ2n) is 6.11. The number of rotatable bonds is 6. The maximum absolute atomic E-state index is 12.5. The largest absolute Gasteiger partial charge is 0.497 e. The lowest BCUT2D eigenvalue weighted by molar-refractivity contribution is -0.115. The van der Waals surface area contributed by atoms with Gasteiger partial charge in [-0.3, -0.25) is 4.79 Å². The molecule has 0 bridgehead atoms. The normalized spacial score (nSPS) is 11.9. The summed E-state index contributed by atoms with van der Waals surface area (Å²) in [6.45, 7) is 3.91. The van der Waals surface area contributed by atoms with E-state index >= 15 is 0 Å². The minimum absolute atomic E-state index is 0.0789. The smallest absolute Gasteiger partial charge is 0.237 e. The summed E-state index contributed by atoms with van der Waals surface area (Å²) in [4.78, 5) is 17.2. The molecule has 0 aliphatic carbocycles. The van der Waals surface area contributed by atoms with Crippen molar-refractivity contribution in [2.45, 2.75) is 24.1 Å². The Balaban J connectivity index is 1.76. The van der Waals surface area contributed by atoms with Gasteiger partial charge < -0.3 is 14.8 Å². The Bertz CT molecular complexity index is 958. The molecule has 0 aliphatic heterocycles. The first-order chi connectivity index (χ1) is 13.0. The van der Waals surface area contributed by atoms with E-state index in [2.05, 4.69) is 5.32 Å². The number of thioether (sulfide) groups is 1. The molecule has 1 unspecified atom stereocenters. The molecule has 0 fully saturated rings. The second-order valence-corrected chi connectivity index (χ2v) is 7.47. The van der Waals surface area contributed by atoms with Gasteiger partial charge in [0.15, 0.2) is 0 Å². The third kappa shape index (κ3) is 4.34. The molecule has 3 rings (SSSR count). The molecule has 1 amide bonds. The number of carbonyl (C=O) groups excluding carboxylic acids is 1. The number of aromatic nitrogens is 1. The molecule has 1 heterocycles. The number of fused-ring (bicyclic) bond motifs is 1. The molecule has 3 aromatic rings. The lowest BCUT2D eigenvalue weighted by atomic mass is 10.1. The first-order valence-electron chi connectivity index (χ1n) is 8.57. The van der Waals surface area contributed by atoms with Gasteiger partial charge >= 0.3 is 0 Å². The van der Waals surface area contributed by atoms with Gasteiger partial charge in [-0.05, 0) is 55.8 Å². The molecule has 140 valence electrons. The number of ether oxygens (including phenoxy) is 2. The van der Waals surface area contributed by atoms with Crippen molar-refractivity contribution in [2.75, 3.05) is 19.5 Å². The molecule has 27 heavy (non-hydrogen) atoms. The highest BCUT2D eigenvalue weighted by Gasteiger charge is 2.17. The van der Waals surface area contributed by atoms with Gasteiger partial charge in [0.25, 0.3) is 0 Å². The number of anilines is 1. The van der Waals surface area contributed by atoms with Gasteiger partial charge in [-0.25, -0.2) is 4.98 Å². The van der Waals surface area contributed by atoms with E-state index < -0.39 is 0 Å². The summed E-state index contributed by atoms with van der Waals surface area (Å²) < 4.78 is 10.6. The summed E-state index contributed by atoms with van der Waals surface area (Å²) in [5, 5.41) is 4.46. The lowest BCUT2D eigenvalue weighted by Gasteiger charge is -2.14. The number of hydrogen-bond donors (Lipinski definition) is 1. The van der Waals surface area contributed by atoms with Crippen molar-refractivity contribution in [3.05, 3.63) is 54.1 Å². The predicted molar refractivity (Wildman–Crippen MR) is 110 cm³/mol. The third-order valence-electron chi connectivity index (χ3n) is 4.23. The van der Waals surface area contributed by atoms with Crippen molar-refractivity contribution in [3.63, 3.8) is 0 Å². The lowest BCUT2D eigenvalue weighted by Crippen LogP contribution is -2.22. The number of hydrogen-bond acceptors (Lipinski definition) is 5. The molecule has 0 aliphatic rings. The van der Waals surface area contributed by atoms with Crippen LogP contribution in [0.1, 0.15) is 12.5 Å². The monoisotopic (exact) mass is 382 g/mol. The van der Waals surface area contributed by atoms with Gasteiger partial charge in [0.2, 0.25) is 5.91 Å². The zero-order chi connectivity index (χ0) is 19.4. The van der Waals surface area contributed by atoms with Crippen LogP contribution >= 0.6 is 11.8 Å². The Morgan fingerprint density at radius 2 is 1.85 bits per heavy atom. The van der Waals surface area contributed by atoms with Crippen LogP contribution in [0.3, 0.4) is 0 Å². The number of benzene rings is 2. The Labute approximate surface area is 163 Å². The van der Waals surface area contributed by atoms with Crippen LogP contribution in [0, 0.1) is 6.92 Å². The van der Waals surface area contributed by atoms with Crippen LogP contribution in [0.4, 0.5) is 5.69 Å². The zero-order valence-electron chi connectivity index (χ0n) is 15.8. The number of pyridine rings is 1. The molecular weight excluding hydrogens is 360 g/mol. The average molecular weight is 382 g/mol. The first kappa shape index (κ1) is 19.0. The highest BCUT2D eigenvalue weighted by molar-refractivity contribution is 8.00. The maximum Gasteiger partial charge on any atom is 0.237 e. The van der Waals surface area contributed by atoms with E-state index in [0.29, 0.717) is 0 Å². The van der Waals surface area contributed by atoms with Crippen LogP contribution in [-0.4, -0.2) is 30.4 Å². The van der Waals surface area contributed by atoms with Gasteiger partial charge in [-0.1, -0.05) is 23.9 Å². The summed E-state index contributed by atoms with van der Waals surface area (Å²) in [6.07, 6.45) is 0. The molecule has 1 atom stereocenters. The van der Waals surface area contributed by atoms with Crippen LogP contribution in [-0.2, 0) is 4.79 Å². The number of amides is 1. The molecule has 0 saturated heterocycles. The van der Waals surface area contributed by atoms with E-state index in [1.807, 2.05) is 62.4 Å². The van der Waals surface area contributed by atoms with Gasteiger partial charge in [0.1, 0.15) is 17.0 Å². The Kier molecular flexibility index (Phi) is 5.86. The minimum Gasteiger partial charge on any atom is -0.497 e. The SMILES string of the molecule is COc1ccc(NC(=O)C(C)Sc2cc(C)c3cccc(OC)c3n2)cc1. The molecular formula is C21H22N2O3S. The van der Waals surface area contributed by atoms with E-state index in [9.17, 15) is 4.79 Å². The topological polar surface area (TPSA) is 60.5 Å². The molecule has 0 saturated carbocycles. The number of aryl methyl sites for hydroxylation is 1. The van der Waals surface area contributed by atoms with Crippen LogP contribution < -0.4 is 14.8 Å². The van der Waals surface area contributed by atoms with Crippen LogP contribution in [0.5, 0.6) is 11.5 Å². The number of carbonyl (C=O) groups is 1. The number of nitrogens with one attached hydrogen (secondary N) is 1. The summed E-state index contributed by atoms with van der Waals surface area (Å²) in [7, 11) is 3.25. The standard InChI is InChI=1S/C21H22N2O3S/c1-13-12-19(23-20-17(13)6-5-7-18(20)26-4)27-14(2)21(24)22-15-8-10-16(25-3)11-9-15/h5-12,14H,1-4H3,(H,22,24). The maximum atomic E-state index is 12.5. The molecule has 6 heteroatoms. The van der Waals surface area contributed by atoms with Crippen molar-refractivity contribution in [2.24, 2.45) is 0 Å². The highest BCUT2D eigenvalue weighted by Crippen LogP contribution is 2.31. The quantitative estimate of drug-likeness (QED) is 0.627. The van der Waals surface area contributed by atoms with Crippen molar-refractivity contribution < 1.29 is 14.3 Å². The van der Waals surface area contributed by atoms with E-state index in [1.54, 1.807) is 14.2 Å². The van der Waals surface area contributed by atoms with E-state index in [1.165, 1.54) is 11.8 Å². The molecule has 0 radical (unpaired) electrons. The molecule has 2 aromatic carbocycles. The van der Waals surface area contributed by atoms with E-state index in [0.717, 1.165) is 38.7 Å². The summed E-state index contributed by atoms with van der Waals surface area (Å²) in [5.41, 5.74) is 2.65. The number of methoxy groups -OCH3 is 2. The Morgan fingerprint density at radius 3 is 2.52 bits per heavy atom. The van der Waals surface area contributed by atoms with Crippen molar-refractivity contribution in [3.8, 4) is 11.5 Å². The van der Waals surface area contributed by atoms with Crippen LogP contribution in [0.15, 0.2) is 53.6 Å². The number of nitrogens with zero attached hydrogens (tertiary/aromatic N) is 1. The predicted octanol–water partition coefficient (Wildman–Crippen LogP) is 4.68. The van der Waals surface area contributed by atoms with Crippen molar-refractivity contribution >= 4 is 34.3 Å². The van der Waals surface area contributed by atoms with Crippen LogP contribution in [0.25, 0.3) is 10.9 Å². The molecule has 0 spiro atoms. The summed E-state index contributed by atoms with van der Waals surface area (Å²) >= 11 is 1.42. The van der Waals surface area contributed by atoms with Gasteiger partial charge in [-0.15, -0.1) is 0 Å². The third-order valence-corrected chi connectivity index (χ3v) is 5.25. The molecule has 5 nitrogen and oxygen atoms in total. The van der Waals surface area contributed by atoms with Gasteiger partial charge in [0, 0.05) is 11.1 Å². The highest BCUT2D eigenvalue weighted by atomic mass is 32.2. The fourth-order valence-electron chi connectivity index (χ4n) is 2.74. The minimum atomic E-state index is -0.300. The summed E-state index contributed by atoms with van der Waals surface area (Å²) in [5.74, 6) is 1.40. The van der Waals surface area contributed by atoms with Gasteiger partial charge in [-0.2, -0.15) is 0 Å². The Hall–Kier alpha value is -2.73. The van der Waals surface area contributed by atoms with Crippen molar-refractivity contribution in [1.29, 1.82) is 0 Å². The fourth-order valence-corrected chi connectivity index (χ4v) is 3.66. The molecule has 1 aromatic heterocycles. The van der Waals surface area contributed by atoms with E-state index in [4.69, 9.17) is 14.5 Å². The van der Waals surface area contributed by atoms with E-state index in [-0.39, 0.29) is 11.2 Å². The van der Waals surface area contributed by atoms with Gasteiger partial charge in [0.05, 0.1) is 24.5 Å². The van der Waals surface area contributed by atoms with Crippen LogP contribution in [0.2, 0.25) is 0 Å². The average Bonchev–Trinajstić information content (AvgIpc) is 2.68. The fraction of sp³-hybridized carbons (Fsp3) is 0.238. The summed E-state index contributed by atoms with van der Waals surface area (Å²) in [6, 6.07) is 15.1. The first-order valence-corrected chi connectivity index (χ1v) is 9.45. The second kappa shape index (κ2) is 8.31. The van der Waals surface area contributed by atoms with Crippen molar-refractivity contribution in [1.82, 2.24) is 4.98 Å². The molecule has 1 N–H and O–H groups in total. The Morgan fingerprint density at radius 1 is 1.11 bits per heavy atom. The zero-order valence-corrected chi connectivity index (χ0v) is 16.6.